The Balaban J connectivity index is 1.67. The van der Waals surface area contributed by atoms with Crippen molar-refractivity contribution in [1.82, 2.24) is 40.3 Å². The lowest BCUT2D eigenvalue weighted by molar-refractivity contribution is -0.387. The highest BCUT2D eigenvalue weighted by Crippen LogP contribution is 2.40. The Hall–Kier alpha value is -6.39. The summed E-state index contributed by atoms with van der Waals surface area (Å²) in [5, 5.41) is 71.9. The lowest BCUT2D eigenvalue weighted by Gasteiger charge is -2.52. The molecule has 2 saturated heterocycles. The maximum atomic E-state index is 15.1. The van der Waals surface area contributed by atoms with Crippen LogP contribution in [0.3, 0.4) is 0 Å². The molecule has 3 heterocycles. The number of piperazine rings is 1. The number of para-hydroxylation sites is 1. The molecule has 93 heavy (non-hydrogen) atoms. The summed E-state index contributed by atoms with van der Waals surface area (Å²) in [5.41, 5.74) is -7.65. The molecular weight excluding hydrogens is 1240 g/mol. The van der Waals surface area contributed by atoms with E-state index < -0.39 is 188 Å². The van der Waals surface area contributed by atoms with Crippen LogP contribution in [0.4, 0.5) is 29.7 Å². The Morgan fingerprint density at radius 3 is 1.92 bits per heavy atom. The largest absolute Gasteiger partial charge is 0.491 e. The van der Waals surface area contributed by atoms with E-state index in [0.29, 0.717) is 13.1 Å². The Morgan fingerprint density at radius 2 is 1.35 bits per heavy atom. The maximum absolute atomic E-state index is 15.1. The van der Waals surface area contributed by atoms with Crippen LogP contribution in [-0.4, -0.2) is 250 Å². The standard InChI is InChI=1S/C61H101N9O22S/c1-56(2,3)88-51(75)62-27-25-41(71)49(74)63-39-31-38(65-53(77)90-58(7,8)9)43(44(72)47(39)87-50-45(73)48(61(16,80)34-85-50)67(18)54(78)91-59(10,11)12)46-37(64-52(76)89-57(4,5)6)24-23-36(86-46)33-69(93(83,84)42-22-20-19-21-40(42)70(81)82)28-26-35-32-68(30-29-66(35)17)55(79)92-60(13,14)15/h19-23,35,37-39,41,43-48,50,71-73,80H,24-34H2,1-18H3,(H,62,75)(H,63,74)(H,64,76)(H,65,77)/t35?,37-,38+,39-,41+,43-,44+,45-,46?,47+,48-,50-,61+/m1/s1. The molecule has 1 saturated carbocycles. The van der Waals surface area contributed by atoms with Gasteiger partial charge in [-0.05, 0) is 156 Å². The average molecular weight is 1340 g/mol. The molecule has 6 amide bonds. The van der Waals surface area contributed by atoms with Crippen LogP contribution in [0.5, 0.6) is 0 Å². The minimum Gasteiger partial charge on any atom is -0.491 e. The molecule has 0 aromatic heterocycles. The third kappa shape index (κ3) is 22.6. The number of hydrogen-bond donors (Lipinski definition) is 8. The predicted octanol–water partition coefficient (Wildman–Crippen LogP) is 4.22. The number of aliphatic hydroxyl groups is 4. The molecule has 5 rings (SSSR count). The van der Waals surface area contributed by atoms with Gasteiger partial charge in [0.25, 0.3) is 5.69 Å². The number of nitrogens with zero attached hydrogens (tertiary/aromatic N) is 5. The molecule has 1 aromatic rings. The number of likely N-dealkylation sites (N-methyl/N-ethyl adjacent to an activating group) is 2. The molecule has 0 radical (unpaired) electrons. The first kappa shape index (κ1) is 77.3. The molecule has 3 fully saturated rings. The van der Waals surface area contributed by atoms with E-state index >= 15 is 8.42 Å². The second kappa shape index (κ2) is 30.6. The zero-order valence-electron chi connectivity index (χ0n) is 56.9. The SMILES string of the molecule is CN1CCN(C(=O)OC(C)(C)C)CC1CCN(CC1=CC[C@@H](NC(=O)OC(C)(C)C)C([C@H]2[C@H](O)[C@@H](O[C@H]3OC[C@](C)(O)[C@H](N(C)C(=O)OC(C)(C)C)[C@H]3O)[C@H](NC(=O)[C@@H](O)CCNC(=O)OC(C)(C)C)C[C@@H]2NC(=O)OC(C)(C)C)O1)S(=O)(=O)c1ccccc1[N+](=O)[O-]. The summed E-state index contributed by atoms with van der Waals surface area (Å²) in [7, 11) is -1.80. The van der Waals surface area contributed by atoms with Crippen LogP contribution in [0.15, 0.2) is 41.0 Å². The molecule has 31 nitrogen and oxygen atoms in total. The maximum Gasteiger partial charge on any atom is 0.410 e. The highest BCUT2D eigenvalue weighted by molar-refractivity contribution is 7.89. The molecule has 3 aliphatic heterocycles. The lowest BCUT2D eigenvalue weighted by Crippen LogP contribution is -2.71. The van der Waals surface area contributed by atoms with Gasteiger partial charge in [-0.15, -0.1) is 0 Å². The molecule has 2 unspecified atom stereocenters. The molecule has 4 aliphatic rings. The Labute approximate surface area is 544 Å². The van der Waals surface area contributed by atoms with Crippen LogP contribution in [0.2, 0.25) is 0 Å². The number of sulfonamides is 1. The van der Waals surface area contributed by atoms with Crippen molar-refractivity contribution < 1.29 is 100 Å². The van der Waals surface area contributed by atoms with Crippen molar-refractivity contribution in [2.24, 2.45) is 5.92 Å². The van der Waals surface area contributed by atoms with Gasteiger partial charge < -0.3 is 89.4 Å². The van der Waals surface area contributed by atoms with Gasteiger partial charge in [0, 0.05) is 63.8 Å². The first-order valence-corrected chi connectivity index (χ1v) is 32.5. The highest BCUT2D eigenvalue weighted by Gasteiger charge is 2.57. The number of ether oxygens (including phenoxy) is 8. The molecule has 13 atom stereocenters. The number of hydrogen-bond acceptors (Lipinski definition) is 23. The summed E-state index contributed by atoms with van der Waals surface area (Å²) in [6.45, 7) is 24.8. The van der Waals surface area contributed by atoms with Crippen LogP contribution in [0.25, 0.3) is 0 Å². The summed E-state index contributed by atoms with van der Waals surface area (Å²) in [4.78, 5) is 97.2. The first-order chi connectivity index (χ1) is 42.6. The van der Waals surface area contributed by atoms with Gasteiger partial charge in [0.15, 0.2) is 11.2 Å². The van der Waals surface area contributed by atoms with Gasteiger partial charge in [-0.2, -0.15) is 4.31 Å². The van der Waals surface area contributed by atoms with Crippen molar-refractivity contribution in [2.45, 2.75) is 242 Å². The molecule has 528 valence electrons. The smallest absolute Gasteiger partial charge is 0.410 e. The molecule has 0 spiro atoms. The molecule has 0 bridgehead atoms. The number of carbonyl (C=O) groups excluding carboxylic acids is 6. The van der Waals surface area contributed by atoms with Crippen molar-refractivity contribution in [2.75, 3.05) is 60.0 Å². The van der Waals surface area contributed by atoms with Crippen LogP contribution in [-0.2, 0) is 52.7 Å². The molecule has 32 heteroatoms. The number of rotatable bonds is 19. The van der Waals surface area contributed by atoms with E-state index in [4.69, 9.17) is 37.9 Å². The predicted molar refractivity (Wildman–Crippen MR) is 335 cm³/mol. The highest BCUT2D eigenvalue weighted by atomic mass is 32.2. The summed E-state index contributed by atoms with van der Waals surface area (Å²) in [6, 6.07) is -1.41. The van der Waals surface area contributed by atoms with Crippen molar-refractivity contribution in [3.8, 4) is 0 Å². The van der Waals surface area contributed by atoms with E-state index in [1.807, 2.05) is 4.90 Å². The fourth-order valence-corrected chi connectivity index (χ4v) is 12.8. The second-order valence-electron chi connectivity index (χ2n) is 29.2. The van der Waals surface area contributed by atoms with Crippen LogP contribution < -0.4 is 21.3 Å². The van der Waals surface area contributed by atoms with Crippen LogP contribution in [0, 0.1) is 16.0 Å². The van der Waals surface area contributed by atoms with Crippen molar-refractivity contribution in [3.05, 3.63) is 46.2 Å². The number of benzene rings is 1. The van der Waals surface area contributed by atoms with Crippen LogP contribution in [0.1, 0.15) is 136 Å². The van der Waals surface area contributed by atoms with Gasteiger partial charge in [-0.3, -0.25) is 19.8 Å². The quantitative estimate of drug-likeness (QED) is 0.0546. The number of nitrogens with one attached hydrogen (secondary N) is 4. The van der Waals surface area contributed by atoms with E-state index in [-0.39, 0.29) is 44.7 Å². The van der Waals surface area contributed by atoms with Crippen molar-refractivity contribution in [3.63, 3.8) is 0 Å². The van der Waals surface area contributed by atoms with Gasteiger partial charge in [-0.1, -0.05) is 12.1 Å². The van der Waals surface area contributed by atoms with E-state index in [2.05, 4.69) is 21.3 Å². The summed E-state index contributed by atoms with van der Waals surface area (Å²) >= 11 is 0. The monoisotopic (exact) mass is 1340 g/mol. The zero-order chi connectivity index (χ0) is 70.3. The van der Waals surface area contributed by atoms with Crippen molar-refractivity contribution >= 4 is 52.1 Å². The number of carbonyl (C=O) groups is 6. The number of nitro benzene ring substituents is 1. The molecule has 8 N–H and O–H groups in total. The Morgan fingerprint density at radius 1 is 0.796 bits per heavy atom. The normalized spacial score (nSPS) is 27.1. The third-order valence-electron chi connectivity index (χ3n) is 15.2. The Bertz CT molecular complexity index is 2940. The van der Waals surface area contributed by atoms with E-state index in [9.17, 15) is 59.3 Å². The van der Waals surface area contributed by atoms with Crippen LogP contribution >= 0.6 is 0 Å². The van der Waals surface area contributed by atoms with E-state index in [0.717, 1.165) is 21.3 Å². The van der Waals surface area contributed by atoms with Crippen molar-refractivity contribution in [1.29, 1.82) is 0 Å². The molecule has 1 aromatic carbocycles. The van der Waals surface area contributed by atoms with Gasteiger partial charge >= 0.3 is 30.5 Å². The Kier molecular flexibility index (Phi) is 25.4. The van der Waals surface area contributed by atoms with Gasteiger partial charge in [0.2, 0.25) is 15.9 Å². The van der Waals surface area contributed by atoms with E-state index in [1.165, 1.54) is 37.1 Å². The fourth-order valence-electron chi connectivity index (χ4n) is 11.2. The summed E-state index contributed by atoms with van der Waals surface area (Å²) in [5.74, 6) is -2.74. The number of alkyl carbamates (subject to hydrolysis) is 3. The van der Waals surface area contributed by atoms with Gasteiger partial charge in [0.1, 0.15) is 63.8 Å². The second-order valence-corrected chi connectivity index (χ2v) is 31.1. The number of nitro groups is 1. The third-order valence-corrected chi connectivity index (χ3v) is 17.1. The molecule has 1 aliphatic carbocycles. The van der Waals surface area contributed by atoms with Gasteiger partial charge in [0.05, 0.1) is 42.3 Å². The summed E-state index contributed by atoms with van der Waals surface area (Å²) in [6.07, 6.45) is -15.0. The van der Waals surface area contributed by atoms with Gasteiger partial charge in [-0.25, -0.2) is 32.4 Å². The lowest BCUT2D eigenvalue weighted by atomic mass is 9.72. The zero-order valence-corrected chi connectivity index (χ0v) is 57.7. The van der Waals surface area contributed by atoms with E-state index in [1.54, 1.807) is 111 Å². The number of amides is 6. The minimum atomic E-state index is -4.87. The number of aliphatic hydroxyl groups excluding tert-OH is 3. The minimum absolute atomic E-state index is 0.0540. The molecular formula is C61H101N9O22S. The first-order valence-electron chi connectivity index (χ1n) is 31.1. The summed E-state index contributed by atoms with van der Waals surface area (Å²) < 4.78 is 78.6. The topological polar surface area (TPSA) is 396 Å². The fraction of sp³-hybridized carbons (Fsp3) is 0.770. The average Bonchev–Trinajstić information content (AvgIpc) is 0.773.